The van der Waals surface area contributed by atoms with Crippen LogP contribution in [0.2, 0.25) is 0 Å². The zero-order valence-corrected chi connectivity index (χ0v) is 15.6. The molecule has 4 rings (SSSR count). The first-order valence-electron chi connectivity index (χ1n) is 8.97. The normalized spacial score (nSPS) is 11.1. The lowest BCUT2D eigenvalue weighted by Crippen LogP contribution is -2.28. The summed E-state index contributed by atoms with van der Waals surface area (Å²) in [5.41, 5.74) is 2.88. The summed E-state index contributed by atoms with van der Waals surface area (Å²) in [4.78, 5) is 25.6. The van der Waals surface area contributed by atoms with Crippen molar-refractivity contribution in [2.24, 2.45) is 5.10 Å². The summed E-state index contributed by atoms with van der Waals surface area (Å²) >= 11 is 0. The summed E-state index contributed by atoms with van der Waals surface area (Å²) < 4.78 is 1.17. The second-order valence-corrected chi connectivity index (χ2v) is 6.39. The first-order valence-corrected chi connectivity index (χ1v) is 8.97. The molecule has 0 radical (unpaired) electrons. The van der Waals surface area contributed by atoms with Crippen LogP contribution in [0.3, 0.4) is 0 Å². The lowest BCUT2D eigenvalue weighted by molar-refractivity contribution is 0.0950. The molecule has 0 aliphatic heterocycles. The van der Waals surface area contributed by atoms with E-state index in [9.17, 15) is 19.8 Å². The number of rotatable bonds is 4. The second kappa shape index (κ2) is 7.88. The number of benzene rings is 3. The van der Waals surface area contributed by atoms with Crippen molar-refractivity contribution in [3.05, 3.63) is 94.4 Å². The summed E-state index contributed by atoms with van der Waals surface area (Å²) in [6, 6.07) is 19.5. The number of hydrogen-bond donors (Lipinski definition) is 3. The Balaban J connectivity index is 1.72. The van der Waals surface area contributed by atoms with Gasteiger partial charge in [-0.1, -0.05) is 36.4 Å². The molecule has 4 aromatic rings. The van der Waals surface area contributed by atoms with Crippen LogP contribution in [-0.4, -0.2) is 32.1 Å². The molecule has 0 aliphatic rings. The molecule has 0 bridgehead atoms. The molecule has 1 aromatic heterocycles. The van der Waals surface area contributed by atoms with Gasteiger partial charge in [0.15, 0.2) is 5.69 Å². The summed E-state index contributed by atoms with van der Waals surface area (Å²) in [6.45, 7) is 0. The van der Waals surface area contributed by atoms with Gasteiger partial charge in [-0.05, 0) is 30.3 Å². The van der Waals surface area contributed by atoms with Gasteiger partial charge >= 0.3 is 0 Å². The Morgan fingerprint density at radius 1 is 0.967 bits per heavy atom. The third-order valence-corrected chi connectivity index (χ3v) is 4.40. The minimum absolute atomic E-state index is 0.0288. The number of aromatic hydroxyl groups is 2. The molecule has 8 nitrogen and oxygen atoms in total. The van der Waals surface area contributed by atoms with E-state index in [4.69, 9.17) is 0 Å². The Bertz CT molecular complexity index is 1330. The molecule has 1 amide bonds. The molecule has 8 heteroatoms. The molecule has 0 saturated carbocycles. The van der Waals surface area contributed by atoms with Crippen molar-refractivity contribution in [1.29, 1.82) is 0 Å². The smallest absolute Gasteiger partial charge is 0.292 e. The minimum atomic E-state index is -0.620. The van der Waals surface area contributed by atoms with Crippen molar-refractivity contribution < 1.29 is 15.0 Å². The number of carbonyl (C=O) groups excluding carboxylic acids is 1. The van der Waals surface area contributed by atoms with E-state index in [0.717, 1.165) is 6.07 Å². The largest absolute Gasteiger partial charge is 0.508 e. The van der Waals surface area contributed by atoms with E-state index in [2.05, 4.69) is 15.6 Å². The number of nitrogens with one attached hydrogen (secondary N) is 1. The highest BCUT2D eigenvalue weighted by atomic mass is 16.3. The highest BCUT2D eigenvalue weighted by Gasteiger charge is 2.17. The quantitative estimate of drug-likeness (QED) is 0.360. The number of nitrogens with zero attached hydrogens (tertiary/aromatic N) is 3. The summed E-state index contributed by atoms with van der Waals surface area (Å²) in [6.07, 6.45) is 1.24. The maximum absolute atomic E-state index is 12.9. The summed E-state index contributed by atoms with van der Waals surface area (Å²) in [5, 5.41) is 28.0. The monoisotopic (exact) mass is 400 g/mol. The first kappa shape index (κ1) is 18.9. The maximum Gasteiger partial charge on any atom is 0.292 e. The number of phenols is 2. The van der Waals surface area contributed by atoms with E-state index in [1.165, 1.54) is 23.0 Å². The fourth-order valence-electron chi connectivity index (χ4n) is 2.96. The molecule has 3 N–H and O–H groups in total. The summed E-state index contributed by atoms with van der Waals surface area (Å²) in [5.74, 6) is -0.896. The number of amides is 1. The van der Waals surface area contributed by atoms with Gasteiger partial charge < -0.3 is 10.2 Å². The molecule has 0 spiro atoms. The number of aromatic nitrogens is 2. The second-order valence-electron chi connectivity index (χ2n) is 6.39. The van der Waals surface area contributed by atoms with Gasteiger partial charge in [0, 0.05) is 17.0 Å². The molecule has 0 atom stereocenters. The van der Waals surface area contributed by atoms with Gasteiger partial charge in [-0.25, -0.2) is 5.43 Å². The van der Waals surface area contributed by atoms with E-state index in [1.807, 2.05) is 6.07 Å². The molecule has 3 aromatic carbocycles. The van der Waals surface area contributed by atoms with Gasteiger partial charge in [0.2, 0.25) is 0 Å². The van der Waals surface area contributed by atoms with Crippen molar-refractivity contribution >= 4 is 22.9 Å². The van der Waals surface area contributed by atoms with Crippen molar-refractivity contribution in [2.45, 2.75) is 0 Å². The average molecular weight is 400 g/mol. The molecule has 0 unspecified atom stereocenters. The standard InChI is InChI=1S/C22H16N4O4/c27-16-11-10-14(19(28)12-16)13-23-24-21(29)20-17-8-4-5-9-18(17)22(30)26(25-20)15-6-2-1-3-7-15/h1-13,27-28H,(H,24,29)/b23-13+. The molecule has 1 heterocycles. The number of hydrogen-bond acceptors (Lipinski definition) is 6. The number of hydrazone groups is 1. The van der Waals surface area contributed by atoms with Crippen LogP contribution >= 0.6 is 0 Å². The molecular formula is C22H16N4O4. The van der Waals surface area contributed by atoms with Gasteiger partial charge in [-0.3, -0.25) is 9.59 Å². The van der Waals surface area contributed by atoms with Gasteiger partial charge in [0.1, 0.15) is 11.5 Å². The first-order chi connectivity index (χ1) is 14.5. The summed E-state index contributed by atoms with van der Waals surface area (Å²) in [7, 11) is 0. The Morgan fingerprint density at radius 3 is 2.40 bits per heavy atom. The Hall–Kier alpha value is -4.46. The van der Waals surface area contributed by atoms with Crippen LogP contribution in [-0.2, 0) is 0 Å². The number of para-hydroxylation sites is 1. The molecule has 148 valence electrons. The van der Waals surface area contributed by atoms with E-state index >= 15 is 0 Å². The maximum atomic E-state index is 12.9. The van der Waals surface area contributed by atoms with Crippen LogP contribution in [0.25, 0.3) is 16.5 Å². The fraction of sp³-hybridized carbons (Fsp3) is 0. The van der Waals surface area contributed by atoms with Crippen LogP contribution in [0.15, 0.2) is 82.7 Å². The van der Waals surface area contributed by atoms with Gasteiger partial charge in [-0.15, -0.1) is 0 Å². The van der Waals surface area contributed by atoms with Gasteiger partial charge in [-0.2, -0.15) is 14.9 Å². The molecular weight excluding hydrogens is 384 g/mol. The number of phenolic OH excluding ortho intramolecular Hbond substituents is 2. The van der Waals surface area contributed by atoms with Crippen molar-refractivity contribution in [2.75, 3.05) is 0 Å². The topological polar surface area (TPSA) is 117 Å². The predicted molar refractivity (Wildman–Crippen MR) is 112 cm³/mol. The van der Waals surface area contributed by atoms with Gasteiger partial charge in [0.05, 0.1) is 17.3 Å². The zero-order chi connectivity index (χ0) is 21.1. The molecule has 30 heavy (non-hydrogen) atoms. The van der Waals surface area contributed by atoms with E-state index in [-0.39, 0.29) is 22.8 Å². The molecule has 0 aliphatic carbocycles. The van der Waals surface area contributed by atoms with Gasteiger partial charge in [0.25, 0.3) is 11.5 Å². The van der Waals surface area contributed by atoms with Crippen LogP contribution in [0.1, 0.15) is 16.1 Å². The van der Waals surface area contributed by atoms with Crippen LogP contribution in [0.5, 0.6) is 11.5 Å². The van der Waals surface area contributed by atoms with E-state index in [1.54, 1.807) is 48.5 Å². The minimum Gasteiger partial charge on any atom is -0.508 e. The fourth-order valence-corrected chi connectivity index (χ4v) is 2.96. The number of fused-ring (bicyclic) bond motifs is 1. The van der Waals surface area contributed by atoms with Crippen molar-refractivity contribution in [3.8, 4) is 17.2 Å². The van der Waals surface area contributed by atoms with Crippen LogP contribution in [0, 0.1) is 0 Å². The van der Waals surface area contributed by atoms with Crippen LogP contribution < -0.4 is 11.0 Å². The van der Waals surface area contributed by atoms with E-state index in [0.29, 0.717) is 22.0 Å². The van der Waals surface area contributed by atoms with Crippen molar-refractivity contribution in [3.63, 3.8) is 0 Å². The van der Waals surface area contributed by atoms with Crippen LogP contribution in [0.4, 0.5) is 0 Å². The highest BCUT2D eigenvalue weighted by molar-refractivity contribution is 6.05. The van der Waals surface area contributed by atoms with E-state index < -0.39 is 5.91 Å². The molecule has 0 saturated heterocycles. The zero-order valence-electron chi connectivity index (χ0n) is 15.6. The highest BCUT2D eigenvalue weighted by Crippen LogP contribution is 2.21. The Morgan fingerprint density at radius 2 is 1.67 bits per heavy atom. The van der Waals surface area contributed by atoms with Crippen molar-refractivity contribution in [1.82, 2.24) is 15.2 Å². The SMILES string of the molecule is O=C(N/N=C/c1ccc(O)cc1O)c1nn(-c2ccccc2)c(=O)c2ccccc12. The lowest BCUT2D eigenvalue weighted by Gasteiger charge is -2.10. The Kier molecular flexibility index (Phi) is 4.96. The third kappa shape index (κ3) is 3.61. The average Bonchev–Trinajstić information content (AvgIpc) is 2.76. The predicted octanol–water partition coefficient (Wildman–Crippen LogP) is 2.56. The lowest BCUT2D eigenvalue weighted by atomic mass is 10.1. The number of carbonyl (C=O) groups is 1. The Labute approximate surface area is 170 Å². The molecule has 0 fully saturated rings. The third-order valence-electron chi connectivity index (χ3n) is 4.40.